The highest BCUT2D eigenvalue weighted by Gasteiger charge is 2.12. The second-order valence-electron chi connectivity index (χ2n) is 3.79. The number of phenols is 1. The molecule has 0 saturated carbocycles. The van der Waals surface area contributed by atoms with Crippen LogP contribution in [0.25, 0.3) is 10.9 Å². The summed E-state index contributed by atoms with van der Waals surface area (Å²) in [4.78, 5) is 10.6. The Morgan fingerprint density at radius 1 is 1.50 bits per heavy atom. The fourth-order valence-electron chi connectivity index (χ4n) is 1.90. The lowest BCUT2D eigenvalue weighted by molar-refractivity contribution is -0.136. The first kappa shape index (κ1) is 10.5. The molecule has 0 amide bonds. The van der Waals surface area contributed by atoms with Crippen molar-refractivity contribution in [2.24, 2.45) is 7.05 Å². The van der Waals surface area contributed by atoms with E-state index in [1.807, 2.05) is 0 Å². The number of nitrogens with zero attached hydrogens (tertiary/aromatic N) is 2. The molecule has 1 aromatic heterocycles. The van der Waals surface area contributed by atoms with Gasteiger partial charge in [0.2, 0.25) is 0 Å². The van der Waals surface area contributed by atoms with Crippen LogP contribution in [0.2, 0.25) is 0 Å². The Balaban J connectivity index is 2.66. The van der Waals surface area contributed by atoms with Gasteiger partial charge in [0, 0.05) is 7.05 Å². The van der Waals surface area contributed by atoms with Crippen molar-refractivity contribution in [1.29, 1.82) is 0 Å². The van der Waals surface area contributed by atoms with Gasteiger partial charge in [-0.05, 0) is 24.6 Å². The minimum Gasteiger partial charge on any atom is -0.507 e. The molecule has 0 radical (unpaired) electrons. The fraction of sp³-hybridized carbons (Fsp3) is 0.273. The molecular formula is C11H12N2O3. The molecule has 1 heterocycles. The molecule has 16 heavy (non-hydrogen) atoms. The Labute approximate surface area is 91.9 Å². The second kappa shape index (κ2) is 3.52. The predicted molar refractivity (Wildman–Crippen MR) is 58.5 cm³/mol. The van der Waals surface area contributed by atoms with Crippen LogP contribution in [-0.4, -0.2) is 26.0 Å². The number of hydrogen-bond acceptors (Lipinski definition) is 3. The molecule has 5 nitrogen and oxygen atoms in total. The molecule has 0 aliphatic heterocycles. The lowest BCUT2D eigenvalue weighted by Crippen LogP contribution is -2.00. The lowest BCUT2D eigenvalue weighted by Gasteiger charge is -2.02. The number of benzene rings is 1. The fourth-order valence-corrected chi connectivity index (χ4v) is 1.90. The summed E-state index contributed by atoms with van der Waals surface area (Å²) < 4.78 is 1.63. The van der Waals surface area contributed by atoms with Crippen molar-refractivity contribution in [3.63, 3.8) is 0 Å². The van der Waals surface area contributed by atoms with Gasteiger partial charge >= 0.3 is 5.97 Å². The van der Waals surface area contributed by atoms with Crippen molar-refractivity contribution in [1.82, 2.24) is 9.78 Å². The van der Waals surface area contributed by atoms with Crippen LogP contribution in [0.3, 0.4) is 0 Å². The monoisotopic (exact) mass is 220 g/mol. The van der Waals surface area contributed by atoms with E-state index in [2.05, 4.69) is 5.10 Å². The van der Waals surface area contributed by atoms with E-state index in [9.17, 15) is 9.90 Å². The van der Waals surface area contributed by atoms with E-state index in [0.717, 1.165) is 11.2 Å². The molecule has 0 spiro atoms. The van der Waals surface area contributed by atoms with Crippen LogP contribution >= 0.6 is 0 Å². The van der Waals surface area contributed by atoms with Crippen LogP contribution in [0.1, 0.15) is 11.3 Å². The van der Waals surface area contributed by atoms with Gasteiger partial charge in [0.15, 0.2) is 0 Å². The number of hydrogen-bond donors (Lipinski definition) is 2. The van der Waals surface area contributed by atoms with Gasteiger partial charge in [0.05, 0.1) is 23.0 Å². The van der Waals surface area contributed by atoms with Crippen molar-refractivity contribution in [2.45, 2.75) is 13.3 Å². The van der Waals surface area contributed by atoms with Crippen molar-refractivity contribution in [3.8, 4) is 5.75 Å². The quantitative estimate of drug-likeness (QED) is 0.797. The number of aryl methyl sites for hydroxylation is 2. The van der Waals surface area contributed by atoms with Gasteiger partial charge in [-0.25, -0.2) is 0 Å². The minimum atomic E-state index is -0.919. The first-order valence-electron chi connectivity index (χ1n) is 4.86. The number of rotatable bonds is 2. The topological polar surface area (TPSA) is 75.4 Å². The maximum Gasteiger partial charge on any atom is 0.307 e. The van der Waals surface area contributed by atoms with Crippen LogP contribution in [0, 0.1) is 6.92 Å². The number of fused-ring (bicyclic) bond motifs is 1. The van der Waals surface area contributed by atoms with Gasteiger partial charge in [-0.15, -0.1) is 0 Å². The summed E-state index contributed by atoms with van der Waals surface area (Å²) in [7, 11) is 1.76. The Morgan fingerprint density at radius 2 is 2.19 bits per heavy atom. The summed E-state index contributed by atoms with van der Waals surface area (Å²) in [5, 5.41) is 23.4. The molecule has 0 atom stereocenters. The highest BCUT2D eigenvalue weighted by atomic mass is 16.4. The van der Waals surface area contributed by atoms with Crippen molar-refractivity contribution in [2.75, 3.05) is 0 Å². The van der Waals surface area contributed by atoms with Crippen molar-refractivity contribution in [3.05, 3.63) is 23.4 Å². The zero-order valence-electron chi connectivity index (χ0n) is 9.06. The Hall–Kier alpha value is -2.04. The molecule has 2 rings (SSSR count). The molecular weight excluding hydrogens is 208 g/mol. The summed E-state index contributed by atoms with van der Waals surface area (Å²) in [6.07, 6.45) is -0.103. The van der Waals surface area contributed by atoms with E-state index in [1.54, 1.807) is 24.7 Å². The zero-order valence-corrected chi connectivity index (χ0v) is 9.06. The molecule has 2 N–H and O–H groups in total. The van der Waals surface area contributed by atoms with Crippen LogP contribution in [0.4, 0.5) is 0 Å². The molecule has 0 aliphatic carbocycles. The summed E-state index contributed by atoms with van der Waals surface area (Å²) in [6, 6.07) is 3.22. The number of aromatic nitrogens is 2. The maximum atomic E-state index is 10.6. The highest BCUT2D eigenvalue weighted by molar-refractivity contribution is 5.89. The summed E-state index contributed by atoms with van der Waals surface area (Å²) in [5.41, 5.74) is 2.05. The van der Waals surface area contributed by atoms with Crippen LogP contribution < -0.4 is 0 Å². The molecule has 0 aliphatic rings. The number of carbonyl (C=O) groups is 1. The first-order valence-corrected chi connectivity index (χ1v) is 4.86. The Morgan fingerprint density at radius 3 is 2.81 bits per heavy atom. The molecule has 1 aromatic carbocycles. The highest BCUT2D eigenvalue weighted by Crippen LogP contribution is 2.29. The first-order chi connectivity index (χ1) is 7.49. The SMILES string of the molecule is Cc1nn(C)c2cc(CC(=O)O)cc(O)c12. The summed E-state index contributed by atoms with van der Waals surface area (Å²) >= 11 is 0. The van der Waals surface area contributed by atoms with E-state index < -0.39 is 5.97 Å². The lowest BCUT2D eigenvalue weighted by atomic mass is 10.1. The number of carboxylic acids is 1. The molecule has 0 fully saturated rings. The van der Waals surface area contributed by atoms with E-state index in [0.29, 0.717) is 10.9 Å². The Kier molecular flexibility index (Phi) is 2.30. The molecule has 2 aromatic rings. The van der Waals surface area contributed by atoms with E-state index >= 15 is 0 Å². The molecule has 5 heteroatoms. The zero-order chi connectivity index (χ0) is 11.9. The Bertz CT molecular complexity index is 572. The normalized spacial score (nSPS) is 10.9. The number of aliphatic carboxylic acids is 1. The van der Waals surface area contributed by atoms with Crippen LogP contribution in [0.15, 0.2) is 12.1 Å². The molecule has 84 valence electrons. The average Bonchev–Trinajstić information content (AvgIpc) is 2.41. The van der Waals surface area contributed by atoms with Gasteiger partial charge in [-0.2, -0.15) is 5.10 Å². The molecule has 0 unspecified atom stereocenters. The number of carboxylic acid groups (broad SMARTS) is 1. The predicted octanol–water partition coefficient (Wildman–Crippen LogP) is 1.21. The average molecular weight is 220 g/mol. The van der Waals surface area contributed by atoms with Crippen molar-refractivity contribution < 1.29 is 15.0 Å². The maximum absolute atomic E-state index is 10.6. The standard InChI is InChI=1S/C11H12N2O3/c1-6-11-8(13(2)12-6)3-7(4-9(11)14)5-10(15)16/h3-4,14H,5H2,1-2H3,(H,15,16). The van der Waals surface area contributed by atoms with E-state index in [-0.39, 0.29) is 12.2 Å². The van der Waals surface area contributed by atoms with Crippen LogP contribution in [-0.2, 0) is 18.3 Å². The van der Waals surface area contributed by atoms with Crippen LogP contribution in [0.5, 0.6) is 5.75 Å². The number of phenolic OH excluding ortho intramolecular Hbond substituents is 1. The van der Waals surface area contributed by atoms with Gasteiger partial charge in [0.25, 0.3) is 0 Å². The smallest absolute Gasteiger partial charge is 0.307 e. The molecule has 0 bridgehead atoms. The second-order valence-corrected chi connectivity index (χ2v) is 3.79. The summed E-state index contributed by atoms with van der Waals surface area (Å²) in [5.74, 6) is -0.836. The van der Waals surface area contributed by atoms with Gasteiger partial charge in [0.1, 0.15) is 5.75 Å². The van der Waals surface area contributed by atoms with Gasteiger partial charge in [-0.1, -0.05) is 0 Å². The third-order valence-electron chi connectivity index (χ3n) is 2.52. The summed E-state index contributed by atoms with van der Waals surface area (Å²) in [6.45, 7) is 1.80. The number of aromatic hydroxyl groups is 1. The van der Waals surface area contributed by atoms with E-state index in [4.69, 9.17) is 5.11 Å². The molecule has 0 saturated heterocycles. The van der Waals surface area contributed by atoms with Crippen molar-refractivity contribution >= 4 is 16.9 Å². The third-order valence-corrected chi connectivity index (χ3v) is 2.52. The largest absolute Gasteiger partial charge is 0.507 e. The minimum absolute atomic E-state index is 0.0827. The van der Waals surface area contributed by atoms with Gasteiger partial charge < -0.3 is 10.2 Å². The van der Waals surface area contributed by atoms with Gasteiger partial charge in [-0.3, -0.25) is 9.48 Å². The van der Waals surface area contributed by atoms with E-state index in [1.165, 1.54) is 6.07 Å². The third kappa shape index (κ3) is 1.60.